The van der Waals surface area contributed by atoms with Crippen LogP contribution in [-0.2, 0) is 6.42 Å². The lowest BCUT2D eigenvalue weighted by atomic mass is 10.1. The topological polar surface area (TPSA) is 43.1 Å². The maximum Gasteiger partial charge on any atom is 0.188 e. The van der Waals surface area contributed by atoms with Gasteiger partial charge in [0.05, 0.1) is 18.9 Å². The molecule has 3 nitrogen and oxygen atoms in total. The van der Waals surface area contributed by atoms with Crippen molar-refractivity contribution in [1.82, 2.24) is 4.98 Å². The summed E-state index contributed by atoms with van der Waals surface area (Å²) in [6, 6.07) is 5.99. The number of Topliss-reactive ketones (excluding diaryl/α,β-unsaturated/α-hetero) is 1. The number of ketones is 1. The van der Waals surface area contributed by atoms with Gasteiger partial charge in [-0.25, -0.2) is 4.39 Å². The lowest BCUT2D eigenvalue weighted by molar-refractivity contribution is 0.0982. The van der Waals surface area contributed by atoms with Crippen molar-refractivity contribution in [2.24, 2.45) is 0 Å². The molecule has 0 aliphatic rings. The Labute approximate surface area is 85.6 Å². The van der Waals surface area contributed by atoms with Crippen molar-refractivity contribution in [2.75, 3.05) is 0 Å². The average Bonchev–Trinajstić information content (AvgIpc) is 2.71. The molecule has 0 atom stereocenters. The molecule has 2 aromatic rings. The largest absolute Gasteiger partial charge is 0.469 e. The van der Waals surface area contributed by atoms with Crippen LogP contribution in [0.4, 0.5) is 4.39 Å². The predicted molar refractivity (Wildman–Crippen MR) is 50.9 cm³/mol. The molecule has 2 heterocycles. The van der Waals surface area contributed by atoms with Gasteiger partial charge in [0.25, 0.3) is 0 Å². The Morgan fingerprint density at radius 1 is 1.40 bits per heavy atom. The summed E-state index contributed by atoms with van der Waals surface area (Å²) in [6.07, 6.45) is 2.67. The van der Waals surface area contributed by atoms with Crippen molar-refractivity contribution < 1.29 is 13.6 Å². The number of hydrogen-bond acceptors (Lipinski definition) is 3. The molecule has 0 bridgehead atoms. The van der Waals surface area contributed by atoms with E-state index in [9.17, 15) is 9.18 Å². The fraction of sp³-hybridized carbons (Fsp3) is 0.0909. The monoisotopic (exact) mass is 205 g/mol. The quantitative estimate of drug-likeness (QED) is 0.721. The summed E-state index contributed by atoms with van der Waals surface area (Å²) in [6.45, 7) is 0. The maximum absolute atomic E-state index is 12.5. The van der Waals surface area contributed by atoms with Crippen LogP contribution in [-0.4, -0.2) is 10.8 Å². The summed E-state index contributed by atoms with van der Waals surface area (Å²) < 4.78 is 17.6. The highest BCUT2D eigenvalue weighted by molar-refractivity contribution is 5.95. The van der Waals surface area contributed by atoms with Gasteiger partial charge in [-0.05, 0) is 24.3 Å². The van der Waals surface area contributed by atoms with Gasteiger partial charge < -0.3 is 4.42 Å². The first kappa shape index (κ1) is 9.58. The molecular weight excluding hydrogens is 197 g/mol. The molecule has 15 heavy (non-hydrogen) atoms. The van der Waals surface area contributed by atoms with Crippen LogP contribution < -0.4 is 0 Å². The second-order valence-electron chi connectivity index (χ2n) is 3.04. The minimum absolute atomic E-state index is 0.144. The maximum atomic E-state index is 12.5. The molecule has 0 aromatic carbocycles. The van der Waals surface area contributed by atoms with Gasteiger partial charge in [-0.2, -0.15) is 0 Å². The van der Waals surface area contributed by atoms with Gasteiger partial charge in [0.15, 0.2) is 5.78 Å². The lowest BCUT2D eigenvalue weighted by Gasteiger charge is -1.97. The summed E-state index contributed by atoms with van der Waals surface area (Å²) in [5.41, 5.74) is 0.243. The number of furan rings is 1. The van der Waals surface area contributed by atoms with Crippen molar-refractivity contribution in [1.29, 1.82) is 0 Å². The van der Waals surface area contributed by atoms with Gasteiger partial charge in [0.1, 0.15) is 17.3 Å². The van der Waals surface area contributed by atoms with Crippen molar-refractivity contribution in [3.63, 3.8) is 0 Å². The third-order valence-corrected chi connectivity index (χ3v) is 1.93. The van der Waals surface area contributed by atoms with E-state index in [1.165, 1.54) is 18.4 Å². The van der Waals surface area contributed by atoms with Crippen LogP contribution >= 0.6 is 0 Å². The zero-order chi connectivity index (χ0) is 10.7. The second-order valence-corrected chi connectivity index (χ2v) is 3.04. The SMILES string of the molecule is O=C(Cc1ccco1)c1ccc(F)cn1. The third kappa shape index (κ3) is 2.28. The molecular formula is C11H8FNO2. The van der Waals surface area contributed by atoms with Crippen molar-refractivity contribution in [3.8, 4) is 0 Å². The highest BCUT2D eigenvalue weighted by atomic mass is 19.1. The van der Waals surface area contributed by atoms with Crippen LogP contribution in [0.1, 0.15) is 16.2 Å². The third-order valence-electron chi connectivity index (χ3n) is 1.93. The van der Waals surface area contributed by atoms with Crippen molar-refractivity contribution in [3.05, 3.63) is 54.0 Å². The summed E-state index contributed by atoms with van der Waals surface area (Å²) in [7, 11) is 0. The molecule has 0 saturated carbocycles. The van der Waals surface area contributed by atoms with E-state index < -0.39 is 5.82 Å². The Bertz CT molecular complexity index is 448. The highest BCUT2D eigenvalue weighted by Crippen LogP contribution is 2.06. The molecule has 0 radical (unpaired) electrons. The van der Waals surface area contributed by atoms with Gasteiger partial charge in [-0.15, -0.1) is 0 Å². The van der Waals surface area contributed by atoms with Crippen molar-refractivity contribution in [2.45, 2.75) is 6.42 Å². The van der Waals surface area contributed by atoms with E-state index in [2.05, 4.69) is 4.98 Å². The molecule has 0 aliphatic carbocycles. The number of halogens is 1. The molecule has 4 heteroatoms. The van der Waals surface area contributed by atoms with Gasteiger partial charge in [-0.3, -0.25) is 9.78 Å². The Hall–Kier alpha value is -1.97. The normalized spacial score (nSPS) is 10.2. The number of pyridine rings is 1. The number of aromatic nitrogens is 1. The lowest BCUT2D eigenvalue weighted by Crippen LogP contribution is -2.05. The molecule has 0 aliphatic heterocycles. The van der Waals surface area contributed by atoms with E-state index in [0.717, 1.165) is 6.20 Å². The van der Waals surface area contributed by atoms with Gasteiger partial charge >= 0.3 is 0 Å². The van der Waals surface area contributed by atoms with Gasteiger partial charge in [0, 0.05) is 0 Å². The molecule has 0 saturated heterocycles. The summed E-state index contributed by atoms with van der Waals surface area (Å²) >= 11 is 0. The zero-order valence-electron chi connectivity index (χ0n) is 7.81. The molecule has 0 N–H and O–H groups in total. The van der Waals surface area contributed by atoms with Crippen LogP contribution in [0.3, 0.4) is 0 Å². The fourth-order valence-corrected chi connectivity index (χ4v) is 1.20. The molecule has 0 amide bonds. The Morgan fingerprint density at radius 2 is 2.27 bits per heavy atom. The van der Waals surface area contributed by atoms with Crippen LogP contribution in [0, 0.1) is 5.82 Å². The van der Waals surface area contributed by atoms with Gasteiger partial charge in [-0.1, -0.05) is 0 Å². The van der Waals surface area contributed by atoms with Crippen molar-refractivity contribution >= 4 is 5.78 Å². The van der Waals surface area contributed by atoms with E-state index in [1.54, 1.807) is 12.1 Å². The standard InChI is InChI=1S/C11H8FNO2/c12-8-3-4-10(13-7-8)11(14)6-9-2-1-5-15-9/h1-5,7H,6H2. The molecule has 0 unspecified atom stereocenters. The van der Waals surface area contributed by atoms with E-state index in [4.69, 9.17) is 4.42 Å². The van der Waals surface area contributed by atoms with E-state index in [1.807, 2.05) is 0 Å². The predicted octanol–water partition coefficient (Wildman–Crippen LogP) is 2.24. The number of carbonyl (C=O) groups excluding carboxylic acids is 1. The Kier molecular flexibility index (Phi) is 2.58. The van der Waals surface area contributed by atoms with Crippen LogP contribution in [0.5, 0.6) is 0 Å². The van der Waals surface area contributed by atoms with E-state index in [0.29, 0.717) is 5.76 Å². The molecule has 2 aromatic heterocycles. The molecule has 0 spiro atoms. The number of carbonyl (C=O) groups is 1. The summed E-state index contributed by atoms with van der Waals surface area (Å²) in [4.78, 5) is 15.3. The molecule has 0 fully saturated rings. The smallest absolute Gasteiger partial charge is 0.188 e. The minimum Gasteiger partial charge on any atom is -0.469 e. The first-order valence-corrected chi connectivity index (χ1v) is 4.43. The fourth-order valence-electron chi connectivity index (χ4n) is 1.20. The minimum atomic E-state index is -0.454. The van der Waals surface area contributed by atoms with Crippen LogP contribution in [0.2, 0.25) is 0 Å². The van der Waals surface area contributed by atoms with Crippen LogP contribution in [0.15, 0.2) is 41.1 Å². The Balaban J connectivity index is 2.11. The first-order valence-electron chi connectivity index (χ1n) is 4.43. The van der Waals surface area contributed by atoms with Crippen LogP contribution in [0.25, 0.3) is 0 Å². The highest BCUT2D eigenvalue weighted by Gasteiger charge is 2.09. The number of rotatable bonds is 3. The Morgan fingerprint density at radius 3 is 2.87 bits per heavy atom. The van der Waals surface area contributed by atoms with E-state index >= 15 is 0 Å². The van der Waals surface area contributed by atoms with E-state index in [-0.39, 0.29) is 17.9 Å². The number of nitrogens with zero attached hydrogens (tertiary/aromatic N) is 1. The second kappa shape index (κ2) is 4.04. The average molecular weight is 205 g/mol. The number of hydrogen-bond donors (Lipinski definition) is 0. The summed E-state index contributed by atoms with van der Waals surface area (Å²) in [5, 5.41) is 0. The zero-order valence-corrected chi connectivity index (χ0v) is 7.81. The first-order chi connectivity index (χ1) is 7.25. The summed E-state index contributed by atoms with van der Waals surface area (Å²) in [5.74, 6) is -0.0689. The van der Waals surface area contributed by atoms with Gasteiger partial charge in [0.2, 0.25) is 0 Å². The molecule has 76 valence electrons. The molecule has 2 rings (SSSR count).